The number of hydrogen-bond donors (Lipinski definition) is 1. The third-order valence-corrected chi connectivity index (χ3v) is 7.99. The fraction of sp³-hybridized carbons (Fsp3) is 0.438. The lowest BCUT2D eigenvalue weighted by Gasteiger charge is -2.35. The molecule has 1 fully saturated rings. The molecule has 0 saturated carbocycles. The first-order valence-corrected chi connectivity index (χ1v) is 13.8. The van der Waals surface area contributed by atoms with Crippen molar-refractivity contribution in [3.05, 3.63) is 82.7 Å². The van der Waals surface area contributed by atoms with Gasteiger partial charge in [-0.15, -0.1) is 0 Å². The highest BCUT2D eigenvalue weighted by atomic mass is 19.1. The van der Waals surface area contributed by atoms with Crippen molar-refractivity contribution in [3.8, 4) is 17.2 Å². The second-order valence-corrected chi connectivity index (χ2v) is 10.8. The fourth-order valence-electron chi connectivity index (χ4n) is 5.64. The normalized spacial score (nSPS) is 17.1. The lowest BCUT2D eigenvalue weighted by molar-refractivity contribution is 0.145. The van der Waals surface area contributed by atoms with Crippen LogP contribution in [-0.2, 0) is 19.4 Å². The number of benzene rings is 3. The van der Waals surface area contributed by atoms with Crippen LogP contribution in [0.4, 0.5) is 10.1 Å². The molecular formula is C32H39FN2O3. The SMILES string of the molecule is COc1ccc(C2CCc3cc(O)ccc3C2)c(N(Cc2ccc(OCCN3CCC3)c(F)c2)C(C)C)c1. The maximum absolute atomic E-state index is 15.0. The van der Waals surface area contributed by atoms with Gasteiger partial charge in [-0.25, -0.2) is 4.39 Å². The molecule has 1 heterocycles. The maximum Gasteiger partial charge on any atom is 0.165 e. The first-order valence-electron chi connectivity index (χ1n) is 13.8. The average Bonchev–Trinajstić information content (AvgIpc) is 2.89. The Hall–Kier alpha value is -3.25. The third kappa shape index (κ3) is 5.91. The van der Waals surface area contributed by atoms with Crippen LogP contribution in [0.5, 0.6) is 17.2 Å². The molecule has 1 unspecified atom stereocenters. The van der Waals surface area contributed by atoms with Crippen molar-refractivity contribution in [2.45, 2.75) is 58.0 Å². The summed E-state index contributed by atoms with van der Waals surface area (Å²) in [7, 11) is 1.69. The molecule has 0 aromatic heterocycles. The topological polar surface area (TPSA) is 45.2 Å². The second-order valence-electron chi connectivity index (χ2n) is 10.8. The Bertz CT molecular complexity index is 1260. The van der Waals surface area contributed by atoms with Crippen molar-refractivity contribution in [3.63, 3.8) is 0 Å². The minimum atomic E-state index is -0.312. The number of nitrogens with zero attached hydrogens (tertiary/aromatic N) is 2. The molecule has 5 rings (SSSR count). The van der Waals surface area contributed by atoms with E-state index in [0.717, 1.165) is 55.9 Å². The number of fused-ring (bicyclic) bond motifs is 1. The van der Waals surface area contributed by atoms with Crippen LogP contribution >= 0.6 is 0 Å². The lowest BCUT2D eigenvalue weighted by Crippen LogP contribution is -2.39. The van der Waals surface area contributed by atoms with E-state index in [4.69, 9.17) is 9.47 Å². The first-order chi connectivity index (χ1) is 18.4. The average molecular weight is 519 g/mol. The van der Waals surface area contributed by atoms with Gasteiger partial charge in [0, 0.05) is 30.9 Å². The standard InChI is InChI=1S/C32H39FN2O3/c1-22(2)35(21-23-5-12-32(30(33)17-23)38-16-15-34-13-4-14-34)31-20-28(37-3)10-11-29(31)26-7-6-25-19-27(36)9-8-24(25)18-26/h5,8-12,17,19-20,22,26,36H,4,6-7,13-16,18,21H2,1-3H3. The van der Waals surface area contributed by atoms with Crippen LogP contribution < -0.4 is 14.4 Å². The Balaban J connectivity index is 1.37. The summed E-state index contributed by atoms with van der Waals surface area (Å²) in [6.45, 7) is 8.50. The van der Waals surface area contributed by atoms with Crippen LogP contribution in [0.2, 0.25) is 0 Å². The largest absolute Gasteiger partial charge is 0.508 e. The summed E-state index contributed by atoms with van der Waals surface area (Å²) in [5.41, 5.74) is 5.85. The molecule has 1 aliphatic carbocycles. The molecule has 202 valence electrons. The molecule has 1 aliphatic heterocycles. The number of aromatic hydroxyl groups is 1. The van der Waals surface area contributed by atoms with E-state index in [9.17, 15) is 9.50 Å². The molecule has 0 radical (unpaired) electrons. The monoisotopic (exact) mass is 518 g/mol. The molecule has 3 aromatic carbocycles. The van der Waals surface area contributed by atoms with Crippen molar-refractivity contribution in [1.82, 2.24) is 4.90 Å². The quantitative estimate of drug-likeness (QED) is 0.341. The molecule has 6 heteroatoms. The predicted molar refractivity (Wildman–Crippen MR) is 150 cm³/mol. The molecular weight excluding hydrogens is 479 g/mol. The van der Waals surface area contributed by atoms with Crippen LogP contribution in [0.1, 0.15) is 54.9 Å². The number of anilines is 1. The Morgan fingerprint density at radius 3 is 2.61 bits per heavy atom. The van der Waals surface area contributed by atoms with Gasteiger partial charge in [0.25, 0.3) is 0 Å². The van der Waals surface area contributed by atoms with Gasteiger partial charge in [-0.05, 0) is 111 Å². The number of hydrogen-bond acceptors (Lipinski definition) is 5. The lowest BCUT2D eigenvalue weighted by atomic mass is 9.79. The molecule has 3 aromatic rings. The van der Waals surface area contributed by atoms with Crippen molar-refractivity contribution in [1.29, 1.82) is 0 Å². The van der Waals surface area contributed by atoms with Crippen LogP contribution in [0, 0.1) is 5.82 Å². The van der Waals surface area contributed by atoms with Crippen LogP contribution in [0.15, 0.2) is 54.6 Å². The van der Waals surface area contributed by atoms with Crippen molar-refractivity contribution in [2.75, 3.05) is 38.3 Å². The Labute approximate surface area is 225 Å². The fourth-order valence-corrected chi connectivity index (χ4v) is 5.64. The summed E-state index contributed by atoms with van der Waals surface area (Å²) < 4.78 is 26.3. The number of methoxy groups -OCH3 is 1. The van der Waals surface area contributed by atoms with E-state index in [-0.39, 0.29) is 11.9 Å². The number of ether oxygens (including phenoxy) is 2. The predicted octanol–water partition coefficient (Wildman–Crippen LogP) is 6.31. The smallest absolute Gasteiger partial charge is 0.165 e. The number of likely N-dealkylation sites (tertiary alicyclic amines) is 1. The number of aryl methyl sites for hydroxylation is 1. The van der Waals surface area contributed by atoms with E-state index >= 15 is 0 Å². The first kappa shape index (κ1) is 26.4. The molecule has 38 heavy (non-hydrogen) atoms. The van der Waals surface area contributed by atoms with E-state index in [1.165, 1.54) is 23.1 Å². The van der Waals surface area contributed by atoms with Gasteiger partial charge in [0.2, 0.25) is 0 Å². The highest BCUT2D eigenvalue weighted by Gasteiger charge is 2.26. The summed E-state index contributed by atoms with van der Waals surface area (Å²) >= 11 is 0. The van der Waals surface area contributed by atoms with E-state index in [1.807, 2.05) is 18.2 Å². The minimum absolute atomic E-state index is 0.198. The summed E-state index contributed by atoms with van der Waals surface area (Å²) in [4.78, 5) is 4.65. The van der Waals surface area contributed by atoms with Crippen molar-refractivity contribution in [2.24, 2.45) is 0 Å². The van der Waals surface area contributed by atoms with E-state index in [0.29, 0.717) is 30.6 Å². The van der Waals surface area contributed by atoms with Gasteiger partial charge in [0.1, 0.15) is 18.1 Å². The van der Waals surface area contributed by atoms with E-state index in [1.54, 1.807) is 25.3 Å². The number of phenolic OH excluding ortho intramolecular Hbond substituents is 1. The van der Waals surface area contributed by atoms with Crippen LogP contribution in [-0.4, -0.2) is 49.4 Å². The minimum Gasteiger partial charge on any atom is -0.508 e. The Kier molecular flexibility index (Phi) is 8.08. The molecule has 1 saturated heterocycles. The molecule has 2 aliphatic rings. The Morgan fingerprint density at radius 1 is 1.05 bits per heavy atom. The van der Waals surface area contributed by atoms with E-state index in [2.05, 4.69) is 41.8 Å². The molecule has 0 bridgehead atoms. The molecule has 1 N–H and O–H groups in total. The summed E-state index contributed by atoms with van der Waals surface area (Å²) in [5.74, 6) is 1.51. The van der Waals surface area contributed by atoms with Gasteiger partial charge >= 0.3 is 0 Å². The summed E-state index contributed by atoms with van der Waals surface area (Å²) in [5, 5.41) is 9.90. The molecule has 1 atom stereocenters. The van der Waals surface area contributed by atoms with Crippen LogP contribution in [0.25, 0.3) is 0 Å². The molecule has 0 spiro atoms. The van der Waals surface area contributed by atoms with Crippen molar-refractivity contribution >= 4 is 5.69 Å². The zero-order valence-corrected chi connectivity index (χ0v) is 22.8. The summed E-state index contributed by atoms with van der Waals surface area (Å²) in [6.07, 6.45) is 4.12. The molecule has 0 amide bonds. The van der Waals surface area contributed by atoms with E-state index < -0.39 is 0 Å². The van der Waals surface area contributed by atoms with Gasteiger partial charge in [0.05, 0.1) is 7.11 Å². The van der Waals surface area contributed by atoms with Crippen molar-refractivity contribution < 1.29 is 19.0 Å². The van der Waals surface area contributed by atoms with Gasteiger partial charge in [-0.3, -0.25) is 4.90 Å². The zero-order chi connectivity index (χ0) is 26.6. The third-order valence-electron chi connectivity index (χ3n) is 7.99. The number of rotatable bonds is 10. The Morgan fingerprint density at radius 2 is 1.89 bits per heavy atom. The summed E-state index contributed by atoms with van der Waals surface area (Å²) in [6, 6.07) is 17.6. The van der Waals surface area contributed by atoms with Gasteiger partial charge in [-0.1, -0.05) is 18.2 Å². The van der Waals surface area contributed by atoms with Gasteiger partial charge < -0.3 is 19.5 Å². The molecule has 5 nitrogen and oxygen atoms in total. The van der Waals surface area contributed by atoms with Crippen LogP contribution in [0.3, 0.4) is 0 Å². The second kappa shape index (κ2) is 11.6. The highest BCUT2D eigenvalue weighted by Crippen LogP contribution is 2.40. The number of phenols is 1. The zero-order valence-electron chi connectivity index (χ0n) is 22.8. The maximum atomic E-state index is 15.0. The highest BCUT2D eigenvalue weighted by molar-refractivity contribution is 5.60. The van der Waals surface area contributed by atoms with Gasteiger partial charge in [0.15, 0.2) is 11.6 Å². The van der Waals surface area contributed by atoms with Gasteiger partial charge in [-0.2, -0.15) is 0 Å². The number of halogens is 1.